The van der Waals surface area contributed by atoms with E-state index in [0.29, 0.717) is 30.0 Å². The predicted octanol–water partition coefficient (Wildman–Crippen LogP) is 4.97. The van der Waals surface area contributed by atoms with E-state index in [4.69, 9.17) is 9.57 Å². The fourth-order valence-corrected chi connectivity index (χ4v) is 5.37. The summed E-state index contributed by atoms with van der Waals surface area (Å²) < 4.78 is 5.25. The molecule has 1 amide bonds. The summed E-state index contributed by atoms with van der Waals surface area (Å²) in [6, 6.07) is 12.5. The molecule has 9 nitrogen and oxygen atoms in total. The number of hydrogen-bond donors (Lipinski definition) is 1. The summed E-state index contributed by atoms with van der Waals surface area (Å²) in [5.41, 5.74) is -0.489. The number of oxime groups is 1. The van der Waals surface area contributed by atoms with Gasteiger partial charge in [-0.05, 0) is 36.5 Å². The molecule has 4 rings (SSSR count). The molecule has 2 aliphatic rings. The number of nitro groups is 1. The Bertz CT molecular complexity index is 1210. The molecule has 0 spiro atoms. The zero-order chi connectivity index (χ0) is 24.7. The van der Waals surface area contributed by atoms with Crippen LogP contribution in [0.5, 0.6) is 5.75 Å². The number of nitro benzene ring substituents is 1. The molecular formula is C25H27N3O6. The summed E-state index contributed by atoms with van der Waals surface area (Å²) in [6.07, 6.45) is 1.76. The molecule has 2 atom stereocenters. The van der Waals surface area contributed by atoms with E-state index in [-0.39, 0.29) is 17.2 Å². The second kappa shape index (κ2) is 8.23. The molecule has 178 valence electrons. The Morgan fingerprint density at radius 1 is 1.09 bits per heavy atom. The van der Waals surface area contributed by atoms with Crippen molar-refractivity contribution in [2.45, 2.75) is 40.0 Å². The Kier molecular flexibility index (Phi) is 5.67. The third-order valence-corrected chi connectivity index (χ3v) is 8.03. The number of nitrogens with zero attached hydrogens (tertiary/aromatic N) is 2. The molecule has 0 radical (unpaired) electrons. The highest BCUT2D eigenvalue weighted by molar-refractivity contribution is 6.06. The average molecular weight is 466 g/mol. The number of benzene rings is 2. The standard InChI is InChI=1S/C25H27N3O6/c1-23(2)24(3)11-12-25(23,22(30)26-17-8-6-10-19(14-17)33-4)15-20(24)27-34-21(29)16-7-5-9-18(13-16)28(31)32/h5-10,13-14H,11-12,15H2,1-4H3,(H,26,30)/b27-20-. The molecule has 2 aromatic carbocycles. The molecule has 0 aliphatic heterocycles. The third kappa shape index (κ3) is 3.52. The molecule has 34 heavy (non-hydrogen) atoms. The van der Waals surface area contributed by atoms with Crippen molar-refractivity contribution in [1.29, 1.82) is 0 Å². The van der Waals surface area contributed by atoms with E-state index in [1.165, 1.54) is 18.2 Å². The fourth-order valence-electron chi connectivity index (χ4n) is 5.37. The average Bonchev–Trinajstić information content (AvgIpc) is 3.13. The molecular weight excluding hydrogens is 438 g/mol. The topological polar surface area (TPSA) is 120 Å². The first-order valence-corrected chi connectivity index (χ1v) is 11.0. The Morgan fingerprint density at radius 2 is 1.82 bits per heavy atom. The lowest BCUT2D eigenvalue weighted by Gasteiger charge is -2.39. The number of nitrogens with one attached hydrogen (secondary N) is 1. The minimum absolute atomic E-state index is 0.0385. The molecule has 9 heteroatoms. The van der Waals surface area contributed by atoms with Crippen LogP contribution in [0.25, 0.3) is 0 Å². The van der Waals surface area contributed by atoms with E-state index in [9.17, 15) is 19.7 Å². The maximum Gasteiger partial charge on any atom is 0.365 e. The monoisotopic (exact) mass is 465 g/mol. The van der Waals surface area contributed by atoms with E-state index in [2.05, 4.69) is 24.3 Å². The maximum absolute atomic E-state index is 13.6. The summed E-state index contributed by atoms with van der Waals surface area (Å²) in [5.74, 6) is -0.243. The highest BCUT2D eigenvalue weighted by Crippen LogP contribution is 2.71. The molecule has 0 aromatic heterocycles. The van der Waals surface area contributed by atoms with Gasteiger partial charge in [0.05, 0.1) is 28.7 Å². The van der Waals surface area contributed by atoms with Gasteiger partial charge < -0.3 is 14.9 Å². The Morgan fingerprint density at radius 3 is 2.53 bits per heavy atom. The van der Waals surface area contributed by atoms with Crippen LogP contribution in [0.1, 0.15) is 50.4 Å². The summed E-state index contributed by atoms with van der Waals surface area (Å²) in [6.45, 7) is 6.15. The summed E-state index contributed by atoms with van der Waals surface area (Å²) in [5, 5.41) is 18.2. The lowest BCUT2D eigenvalue weighted by Crippen LogP contribution is -2.43. The van der Waals surface area contributed by atoms with Crippen molar-refractivity contribution in [2.75, 3.05) is 12.4 Å². The number of hydrogen-bond acceptors (Lipinski definition) is 7. The zero-order valence-corrected chi connectivity index (χ0v) is 19.6. The van der Waals surface area contributed by atoms with Gasteiger partial charge >= 0.3 is 5.97 Å². The molecule has 2 saturated carbocycles. The van der Waals surface area contributed by atoms with Crippen molar-refractivity contribution in [3.8, 4) is 5.75 Å². The third-order valence-electron chi connectivity index (χ3n) is 8.03. The van der Waals surface area contributed by atoms with Crippen molar-refractivity contribution in [3.05, 3.63) is 64.2 Å². The molecule has 2 bridgehead atoms. The minimum Gasteiger partial charge on any atom is -0.497 e. The van der Waals surface area contributed by atoms with Crippen LogP contribution in [-0.2, 0) is 9.63 Å². The van der Waals surface area contributed by atoms with Gasteiger partial charge in [0.15, 0.2) is 0 Å². The SMILES string of the molecule is COc1cccc(NC(=O)C23CCC(C)(/C(=N\OC(=O)c4cccc([N+](=O)[O-])c4)C2)C3(C)C)c1. The van der Waals surface area contributed by atoms with Crippen molar-refractivity contribution < 1.29 is 24.1 Å². The first-order valence-electron chi connectivity index (χ1n) is 11.0. The molecule has 2 unspecified atom stereocenters. The smallest absolute Gasteiger partial charge is 0.365 e. The summed E-state index contributed by atoms with van der Waals surface area (Å²) in [4.78, 5) is 41.7. The van der Waals surface area contributed by atoms with Crippen molar-refractivity contribution in [1.82, 2.24) is 0 Å². The highest BCUT2D eigenvalue weighted by Gasteiger charge is 2.71. The number of non-ortho nitro benzene ring substituents is 1. The first-order chi connectivity index (χ1) is 16.0. The number of amides is 1. The van der Waals surface area contributed by atoms with Gasteiger partial charge in [0.1, 0.15) is 5.75 Å². The van der Waals surface area contributed by atoms with Crippen molar-refractivity contribution in [2.24, 2.45) is 21.4 Å². The summed E-state index contributed by atoms with van der Waals surface area (Å²) in [7, 11) is 1.57. The van der Waals surface area contributed by atoms with Crippen LogP contribution in [0.15, 0.2) is 53.7 Å². The Labute approximate surface area is 197 Å². The highest BCUT2D eigenvalue weighted by atomic mass is 16.7. The van der Waals surface area contributed by atoms with E-state index in [1.54, 1.807) is 19.2 Å². The van der Waals surface area contributed by atoms with Crippen LogP contribution >= 0.6 is 0 Å². The van der Waals surface area contributed by atoms with Crippen molar-refractivity contribution in [3.63, 3.8) is 0 Å². The van der Waals surface area contributed by atoms with E-state index < -0.39 is 27.1 Å². The quantitative estimate of drug-likeness (QED) is 0.365. The molecule has 1 N–H and O–H groups in total. The normalized spacial score (nSPS) is 25.7. The van der Waals surface area contributed by atoms with E-state index in [0.717, 1.165) is 12.5 Å². The number of ether oxygens (including phenoxy) is 1. The number of fused-ring (bicyclic) bond motifs is 2. The van der Waals surface area contributed by atoms with E-state index >= 15 is 0 Å². The number of rotatable bonds is 6. The summed E-state index contributed by atoms with van der Waals surface area (Å²) >= 11 is 0. The lowest BCUT2D eigenvalue weighted by atomic mass is 9.64. The van der Waals surface area contributed by atoms with Crippen LogP contribution in [-0.4, -0.2) is 29.6 Å². The van der Waals surface area contributed by atoms with Gasteiger partial charge in [0.25, 0.3) is 5.69 Å². The lowest BCUT2D eigenvalue weighted by molar-refractivity contribution is -0.384. The van der Waals surface area contributed by atoms with Crippen molar-refractivity contribution >= 4 is 29.0 Å². The van der Waals surface area contributed by atoms with Crippen LogP contribution < -0.4 is 10.1 Å². The molecule has 0 saturated heterocycles. The van der Waals surface area contributed by atoms with Gasteiger partial charge in [-0.25, -0.2) is 4.79 Å². The molecule has 2 fully saturated rings. The number of anilines is 1. The maximum atomic E-state index is 13.6. The predicted molar refractivity (Wildman–Crippen MR) is 126 cm³/mol. The Balaban J connectivity index is 1.57. The van der Waals surface area contributed by atoms with Crippen LogP contribution in [0, 0.1) is 26.4 Å². The minimum atomic E-state index is -0.782. The van der Waals surface area contributed by atoms with Gasteiger partial charge in [0.2, 0.25) is 5.91 Å². The molecule has 2 aromatic rings. The van der Waals surface area contributed by atoms with Crippen LogP contribution in [0.4, 0.5) is 11.4 Å². The fraction of sp³-hybridized carbons (Fsp3) is 0.400. The number of carbonyl (C=O) groups excluding carboxylic acids is 2. The van der Waals surface area contributed by atoms with Gasteiger partial charge in [-0.15, -0.1) is 0 Å². The Hall–Kier alpha value is -3.75. The first kappa shape index (κ1) is 23.4. The van der Waals surface area contributed by atoms with Gasteiger partial charge in [0, 0.05) is 35.7 Å². The second-order valence-corrected chi connectivity index (χ2v) is 9.63. The zero-order valence-electron chi connectivity index (χ0n) is 19.6. The largest absolute Gasteiger partial charge is 0.497 e. The van der Waals surface area contributed by atoms with Gasteiger partial charge in [-0.1, -0.05) is 38.1 Å². The van der Waals surface area contributed by atoms with Gasteiger partial charge in [-0.2, -0.15) is 0 Å². The molecule has 0 heterocycles. The van der Waals surface area contributed by atoms with Crippen LogP contribution in [0.2, 0.25) is 0 Å². The van der Waals surface area contributed by atoms with Gasteiger partial charge in [-0.3, -0.25) is 14.9 Å². The van der Waals surface area contributed by atoms with Crippen LogP contribution in [0.3, 0.4) is 0 Å². The molecule has 2 aliphatic carbocycles. The number of carbonyl (C=O) groups is 2. The number of methoxy groups -OCH3 is 1. The van der Waals surface area contributed by atoms with E-state index in [1.807, 2.05) is 19.1 Å². The second-order valence-electron chi connectivity index (χ2n) is 9.63.